The van der Waals surface area contributed by atoms with E-state index < -0.39 is 0 Å². The van der Waals surface area contributed by atoms with Gasteiger partial charge in [0, 0.05) is 6.20 Å². The average Bonchev–Trinajstić information content (AvgIpc) is 3.00. The molecule has 0 saturated carbocycles. The molecule has 128 valence electrons. The summed E-state index contributed by atoms with van der Waals surface area (Å²) in [5.41, 5.74) is 5.00. The van der Waals surface area contributed by atoms with Gasteiger partial charge in [-0.05, 0) is 48.4 Å². The van der Waals surface area contributed by atoms with Gasteiger partial charge >= 0.3 is 0 Å². The molecule has 6 heteroatoms. The summed E-state index contributed by atoms with van der Waals surface area (Å²) < 4.78 is 0. The molecule has 1 aromatic carbocycles. The summed E-state index contributed by atoms with van der Waals surface area (Å²) in [6, 6.07) is 15.5. The molecule has 2 aromatic heterocycles. The van der Waals surface area contributed by atoms with Crippen LogP contribution in [-0.2, 0) is 11.3 Å². The number of guanidine groups is 1. The number of benzene rings is 1. The largest absolute Gasteiger partial charge is 0.321 e. The van der Waals surface area contributed by atoms with Gasteiger partial charge in [-0.25, -0.2) is 9.98 Å². The predicted molar refractivity (Wildman–Crippen MR) is 101 cm³/mol. The van der Waals surface area contributed by atoms with Crippen molar-refractivity contribution in [3.05, 3.63) is 77.2 Å². The SMILES string of the molecule is Cc1ccccc1CN=C1NC(=O)/C(=C\c2ccc3ncccc3n2)N1. The third-order valence-electron chi connectivity index (χ3n) is 4.17. The van der Waals surface area contributed by atoms with E-state index in [1.807, 2.05) is 55.5 Å². The molecule has 26 heavy (non-hydrogen) atoms. The summed E-state index contributed by atoms with van der Waals surface area (Å²) in [7, 11) is 0. The molecule has 6 nitrogen and oxygen atoms in total. The Labute approximate surface area is 150 Å². The fraction of sp³-hybridized carbons (Fsp3) is 0.100. The lowest BCUT2D eigenvalue weighted by Crippen LogP contribution is -2.25. The molecule has 1 aliphatic heterocycles. The molecule has 0 unspecified atom stereocenters. The van der Waals surface area contributed by atoms with Crippen LogP contribution in [0, 0.1) is 6.92 Å². The summed E-state index contributed by atoms with van der Waals surface area (Å²) in [4.78, 5) is 25.4. The Kier molecular flexibility index (Phi) is 4.15. The van der Waals surface area contributed by atoms with Gasteiger partial charge in [0.1, 0.15) is 5.70 Å². The molecule has 1 amide bonds. The van der Waals surface area contributed by atoms with Gasteiger partial charge < -0.3 is 5.32 Å². The summed E-state index contributed by atoms with van der Waals surface area (Å²) in [6.07, 6.45) is 3.43. The van der Waals surface area contributed by atoms with Crippen molar-refractivity contribution in [3.8, 4) is 0 Å². The monoisotopic (exact) mass is 343 g/mol. The number of nitrogens with zero attached hydrogens (tertiary/aromatic N) is 3. The number of aryl methyl sites for hydroxylation is 1. The van der Waals surface area contributed by atoms with Crippen molar-refractivity contribution in [2.24, 2.45) is 4.99 Å². The third-order valence-corrected chi connectivity index (χ3v) is 4.17. The Hall–Kier alpha value is -3.54. The molecule has 3 heterocycles. The highest BCUT2D eigenvalue weighted by atomic mass is 16.2. The number of amides is 1. The highest BCUT2D eigenvalue weighted by molar-refractivity contribution is 6.15. The van der Waals surface area contributed by atoms with Gasteiger partial charge in [0.15, 0.2) is 0 Å². The van der Waals surface area contributed by atoms with E-state index in [-0.39, 0.29) is 5.91 Å². The summed E-state index contributed by atoms with van der Waals surface area (Å²) >= 11 is 0. The zero-order chi connectivity index (χ0) is 17.9. The molecule has 2 N–H and O–H groups in total. The number of aliphatic imine (C=N–C) groups is 1. The Morgan fingerprint density at radius 1 is 1.04 bits per heavy atom. The fourth-order valence-corrected chi connectivity index (χ4v) is 2.72. The Balaban J connectivity index is 1.54. The topological polar surface area (TPSA) is 79.3 Å². The molecule has 0 spiro atoms. The van der Waals surface area contributed by atoms with E-state index in [1.165, 1.54) is 5.56 Å². The lowest BCUT2D eigenvalue weighted by atomic mass is 10.1. The van der Waals surface area contributed by atoms with Gasteiger partial charge in [0.25, 0.3) is 5.91 Å². The van der Waals surface area contributed by atoms with Crippen LogP contribution in [0.2, 0.25) is 0 Å². The number of rotatable bonds is 3. The van der Waals surface area contributed by atoms with Crippen LogP contribution >= 0.6 is 0 Å². The molecular formula is C20H17N5O. The van der Waals surface area contributed by atoms with E-state index in [2.05, 4.69) is 25.6 Å². The van der Waals surface area contributed by atoms with E-state index >= 15 is 0 Å². The van der Waals surface area contributed by atoms with Gasteiger partial charge in [0.05, 0.1) is 23.3 Å². The van der Waals surface area contributed by atoms with Gasteiger partial charge in [0.2, 0.25) is 5.96 Å². The molecule has 0 bridgehead atoms. The number of nitrogens with one attached hydrogen (secondary N) is 2. The first kappa shape index (κ1) is 16.0. The van der Waals surface area contributed by atoms with Gasteiger partial charge in [-0.2, -0.15) is 0 Å². The van der Waals surface area contributed by atoms with Crippen LogP contribution < -0.4 is 10.6 Å². The van der Waals surface area contributed by atoms with E-state index in [1.54, 1.807) is 12.3 Å². The molecular weight excluding hydrogens is 326 g/mol. The van der Waals surface area contributed by atoms with Crippen molar-refractivity contribution in [1.29, 1.82) is 0 Å². The zero-order valence-electron chi connectivity index (χ0n) is 14.2. The highest BCUT2D eigenvalue weighted by Crippen LogP contribution is 2.13. The number of hydrogen-bond donors (Lipinski definition) is 2. The maximum absolute atomic E-state index is 12.2. The molecule has 1 fully saturated rings. The smallest absolute Gasteiger partial charge is 0.274 e. The van der Waals surface area contributed by atoms with Crippen LogP contribution in [0.3, 0.4) is 0 Å². The normalized spacial score (nSPS) is 16.9. The second-order valence-electron chi connectivity index (χ2n) is 6.01. The predicted octanol–water partition coefficient (Wildman–Crippen LogP) is 2.55. The van der Waals surface area contributed by atoms with Gasteiger partial charge in [-0.3, -0.25) is 15.1 Å². The van der Waals surface area contributed by atoms with Gasteiger partial charge in [-0.1, -0.05) is 24.3 Å². The molecule has 0 atom stereocenters. The molecule has 4 rings (SSSR count). The van der Waals surface area contributed by atoms with E-state index in [0.29, 0.717) is 23.9 Å². The molecule has 0 aliphatic carbocycles. The van der Waals surface area contributed by atoms with Crippen molar-refractivity contribution < 1.29 is 4.79 Å². The number of fused-ring (bicyclic) bond motifs is 1. The lowest BCUT2D eigenvalue weighted by molar-refractivity contribution is -0.115. The summed E-state index contributed by atoms with van der Waals surface area (Å²) in [6.45, 7) is 2.55. The number of carbonyl (C=O) groups is 1. The van der Waals surface area contributed by atoms with E-state index in [4.69, 9.17) is 0 Å². The maximum Gasteiger partial charge on any atom is 0.274 e. The molecule has 0 radical (unpaired) electrons. The Morgan fingerprint density at radius 3 is 2.81 bits per heavy atom. The van der Waals surface area contributed by atoms with E-state index in [0.717, 1.165) is 16.6 Å². The maximum atomic E-state index is 12.2. The fourth-order valence-electron chi connectivity index (χ4n) is 2.72. The molecule has 3 aromatic rings. The van der Waals surface area contributed by atoms with Crippen LogP contribution in [0.4, 0.5) is 0 Å². The van der Waals surface area contributed by atoms with Crippen molar-refractivity contribution in [3.63, 3.8) is 0 Å². The number of hydrogen-bond acceptors (Lipinski definition) is 4. The first-order valence-corrected chi connectivity index (χ1v) is 8.30. The third kappa shape index (κ3) is 3.30. The Morgan fingerprint density at radius 2 is 1.92 bits per heavy atom. The van der Waals surface area contributed by atoms with Crippen LogP contribution in [0.15, 0.2) is 65.4 Å². The second kappa shape index (κ2) is 6.76. The number of aromatic nitrogens is 2. The standard InChI is InChI=1S/C20H17N5O/c1-13-5-2-3-6-14(13)12-22-20-24-18(19(26)25-20)11-15-8-9-16-17(23-15)7-4-10-21-16/h2-11H,12H2,1H3,(H2,22,24,25,26)/b18-11+. The highest BCUT2D eigenvalue weighted by Gasteiger charge is 2.21. The first-order chi connectivity index (χ1) is 12.7. The molecule has 1 saturated heterocycles. The van der Waals surface area contributed by atoms with Crippen LogP contribution in [0.25, 0.3) is 17.1 Å². The minimum atomic E-state index is -0.221. The Bertz CT molecular complexity index is 1050. The second-order valence-corrected chi connectivity index (χ2v) is 6.01. The zero-order valence-corrected chi connectivity index (χ0v) is 14.2. The minimum absolute atomic E-state index is 0.221. The van der Waals surface area contributed by atoms with Crippen LogP contribution in [0.1, 0.15) is 16.8 Å². The lowest BCUT2D eigenvalue weighted by Gasteiger charge is -2.02. The number of pyridine rings is 2. The first-order valence-electron chi connectivity index (χ1n) is 8.30. The van der Waals surface area contributed by atoms with Crippen LogP contribution in [-0.4, -0.2) is 21.8 Å². The van der Waals surface area contributed by atoms with Crippen molar-refractivity contribution in [1.82, 2.24) is 20.6 Å². The van der Waals surface area contributed by atoms with Gasteiger partial charge in [-0.15, -0.1) is 0 Å². The number of carbonyl (C=O) groups excluding carboxylic acids is 1. The average molecular weight is 343 g/mol. The quantitative estimate of drug-likeness (QED) is 0.716. The van der Waals surface area contributed by atoms with Crippen LogP contribution in [0.5, 0.6) is 0 Å². The van der Waals surface area contributed by atoms with Crippen molar-refractivity contribution in [2.45, 2.75) is 13.5 Å². The van der Waals surface area contributed by atoms with Crippen molar-refractivity contribution >= 4 is 29.0 Å². The van der Waals surface area contributed by atoms with E-state index in [9.17, 15) is 4.79 Å². The minimum Gasteiger partial charge on any atom is -0.321 e. The molecule has 1 aliphatic rings. The van der Waals surface area contributed by atoms with Crippen molar-refractivity contribution in [2.75, 3.05) is 0 Å². The summed E-state index contributed by atoms with van der Waals surface area (Å²) in [5.74, 6) is 0.230. The summed E-state index contributed by atoms with van der Waals surface area (Å²) in [5, 5.41) is 5.76.